The van der Waals surface area contributed by atoms with Crippen LogP contribution in [0, 0.1) is 5.92 Å². The second-order valence-corrected chi connectivity index (χ2v) is 11.5. The third kappa shape index (κ3) is 18.3. The Morgan fingerprint density at radius 2 is 0.935 bits per heavy atom. The molecule has 0 aromatic heterocycles. The Labute approximate surface area is 201 Å². The van der Waals surface area contributed by atoms with Crippen LogP contribution in [0.2, 0.25) is 0 Å². The van der Waals surface area contributed by atoms with Crippen LogP contribution in [0.25, 0.3) is 0 Å². The van der Waals surface area contributed by atoms with Crippen molar-refractivity contribution in [1.29, 1.82) is 0 Å². The molecule has 0 aromatic carbocycles. The lowest BCUT2D eigenvalue weighted by Gasteiger charge is -2.38. The molecule has 0 N–H and O–H groups in total. The Bertz CT molecular complexity index is 353. The smallest absolute Gasteiger partial charge is 0.0119 e. The molecule has 0 bridgehead atoms. The summed E-state index contributed by atoms with van der Waals surface area (Å²) in [6, 6.07) is 0. The first kappa shape index (κ1) is 31.2. The van der Waals surface area contributed by atoms with E-state index in [2.05, 4.69) is 42.7 Å². The highest BCUT2D eigenvalue weighted by molar-refractivity contribution is 7.19. The Morgan fingerprint density at radius 1 is 0.581 bits per heavy atom. The molecule has 0 nitrogen and oxygen atoms in total. The summed E-state index contributed by atoms with van der Waals surface area (Å²) in [5.74, 6) is 0.815. The van der Waals surface area contributed by atoms with E-state index in [-0.39, 0.29) is 0 Å². The summed E-state index contributed by atoms with van der Waals surface area (Å²) in [5.41, 5.74) is 0. The predicted octanol–water partition coefficient (Wildman–Crippen LogP) is 11.4. The van der Waals surface area contributed by atoms with Crippen LogP contribution in [0.5, 0.6) is 0 Å². The standard InChI is InChI=1S/C30H61P/c1-5-9-12-13-14-15-16-17-18-19-20-21-22-23-24-26-29(25-8-4)30(31,27-10-6-2)28-11-7-3/h8,29H,4-7,9-28,31H2,1-3H3. The molecule has 0 radical (unpaired) electrons. The number of rotatable bonds is 25. The predicted molar refractivity (Wildman–Crippen MR) is 149 cm³/mol. The van der Waals surface area contributed by atoms with E-state index in [1.807, 2.05) is 0 Å². The van der Waals surface area contributed by atoms with Crippen molar-refractivity contribution in [3.8, 4) is 0 Å². The Morgan fingerprint density at radius 3 is 1.29 bits per heavy atom. The molecule has 0 fully saturated rings. The van der Waals surface area contributed by atoms with Crippen molar-refractivity contribution >= 4 is 9.24 Å². The van der Waals surface area contributed by atoms with Crippen LogP contribution in [0.15, 0.2) is 12.7 Å². The van der Waals surface area contributed by atoms with Gasteiger partial charge in [0, 0.05) is 0 Å². The van der Waals surface area contributed by atoms with Gasteiger partial charge in [-0.3, -0.25) is 0 Å². The molecule has 0 aliphatic rings. The van der Waals surface area contributed by atoms with Gasteiger partial charge < -0.3 is 0 Å². The van der Waals surface area contributed by atoms with Gasteiger partial charge in [0.2, 0.25) is 0 Å². The summed E-state index contributed by atoms with van der Waals surface area (Å²) >= 11 is 0. The molecule has 0 rings (SSSR count). The lowest BCUT2D eigenvalue weighted by atomic mass is 9.78. The maximum Gasteiger partial charge on any atom is -0.0119 e. The highest BCUT2D eigenvalue weighted by atomic mass is 31.0. The molecule has 0 spiro atoms. The average molecular weight is 453 g/mol. The normalized spacial score (nSPS) is 12.9. The lowest BCUT2D eigenvalue weighted by Crippen LogP contribution is -2.31. The Kier molecular flexibility index (Phi) is 23.5. The fourth-order valence-corrected chi connectivity index (χ4v) is 5.86. The maximum absolute atomic E-state index is 4.09. The Hall–Kier alpha value is 0.170. The molecular weight excluding hydrogens is 391 g/mol. The highest BCUT2D eigenvalue weighted by Crippen LogP contribution is 2.43. The molecule has 0 saturated carbocycles. The summed E-state index contributed by atoms with van der Waals surface area (Å²) < 4.78 is 0. The second kappa shape index (κ2) is 23.3. The topological polar surface area (TPSA) is 0 Å². The minimum Gasteiger partial charge on any atom is -0.131 e. The van der Waals surface area contributed by atoms with Crippen molar-refractivity contribution < 1.29 is 0 Å². The van der Waals surface area contributed by atoms with Gasteiger partial charge in [0.1, 0.15) is 0 Å². The quantitative estimate of drug-likeness (QED) is 0.0733. The first-order chi connectivity index (χ1) is 15.1. The molecule has 2 atom stereocenters. The van der Waals surface area contributed by atoms with Crippen LogP contribution in [-0.4, -0.2) is 5.16 Å². The van der Waals surface area contributed by atoms with E-state index in [0.717, 1.165) is 5.92 Å². The summed E-state index contributed by atoms with van der Waals surface area (Å²) in [4.78, 5) is 0. The molecular formula is C30H61P. The zero-order valence-corrected chi connectivity index (χ0v) is 23.4. The fourth-order valence-electron chi connectivity index (χ4n) is 5.15. The fraction of sp³-hybridized carbons (Fsp3) is 0.933. The first-order valence-corrected chi connectivity index (χ1v) is 15.1. The van der Waals surface area contributed by atoms with Gasteiger partial charge in [-0.15, -0.1) is 15.8 Å². The number of hydrogen-bond acceptors (Lipinski definition) is 0. The van der Waals surface area contributed by atoms with Crippen molar-refractivity contribution in [1.82, 2.24) is 0 Å². The SMILES string of the molecule is C=CCC(CCCCCCCCCCCCCCCCC)C(P)(CCCC)CCCC. The van der Waals surface area contributed by atoms with Gasteiger partial charge in [-0.05, 0) is 36.8 Å². The minimum atomic E-state index is 0.455. The van der Waals surface area contributed by atoms with Gasteiger partial charge in [0.25, 0.3) is 0 Å². The van der Waals surface area contributed by atoms with Crippen LogP contribution in [0.3, 0.4) is 0 Å². The molecule has 0 aliphatic heterocycles. The summed E-state index contributed by atoms with van der Waals surface area (Å²) in [5, 5.41) is 0.455. The van der Waals surface area contributed by atoms with Crippen molar-refractivity contribution in [3.05, 3.63) is 12.7 Å². The molecule has 31 heavy (non-hydrogen) atoms. The van der Waals surface area contributed by atoms with E-state index in [0.29, 0.717) is 5.16 Å². The minimum absolute atomic E-state index is 0.455. The van der Waals surface area contributed by atoms with Gasteiger partial charge in [0.05, 0.1) is 0 Å². The van der Waals surface area contributed by atoms with Crippen LogP contribution < -0.4 is 0 Å². The average Bonchev–Trinajstić information content (AvgIpc) is 2.78. The van der Waals surface area contributed by atoms with Gasteiger partial charge >= 0.3 is 0 Å². The monoisotopic (exact) mass is 452 g/mol. The van der Waals surface area contributed by atoms with E-state index >= 15 is 0 Å². The second-order valence-electron chi connectivity index (χ2n) is 10.4. The summed E-state index contributed by atoms with van der Waals surface area (Å²) in [7, 11) is 3.33. The lowest BCUT2D eigenvalue weighted by molar-refractivity contribution is 0.297. The number of unbranched alkanes of at least 4 members (excludes halogenated alkanes) is 16. The van der Waals surface area contributed by atoms with E-state index in [1.165, 1.54) is 148 Å². The Balaban J connectivity index is 3.83. The summed E-state index contributed by atoms with van der Waals surface area (Å²) in [6.07, 6.45) is 34.8. The van der Waals surface area contributed by atoms with Gasteiger partial charge in [-0.2, -0.15) is 0 Å². The van der Waals surface area contributed by atoms with Crippen LogP contribution in [-0.2, 0) is 0 Å². The zero-order valence-electron chi connectivity index (χ0n) is 22.2. The molecule has 0 saturated heterocycles. The van der Waals surface area contributed by atoms with Gasteiger partial charge in [-0.1, -0.05) is 149 Å². The third-order valence-electron chi connectivity index (χ3n) is 7.41. The van der Waals surface area contributed by atoms with Crippen molar-refractivity contribution in [2.75, 3.05) is 0 Å². The maximum atomic E-state index is 4.09. The molecule has 0 amide bonds. The van der Waals surface area contributed by atoms with Gasteiger partial charge in [0.15, 0.2) is 0 Å². The summed E-state index contributed by atoms with van der Waals surface area (Å²) in [6.45, 7) is 11.1. The number of hydrogen-bond donors (Lipinski definition) is 0. The van der Waals surface area contributed by atoms with Crippen molar-refractivity contribution in [2.24, 2.45) is 5.92 Å². The van der Waals surface area contributed by atoms with E-state index in [9.17, 15) is 0 Å². The van der Waals surface area contributed by atoms with Crippen molar-refractivity contribution in [3.63, 3.8) is 0 Å². The molecule has 0 heterocycles. The molecule has 1 heteroatoms. The van der Waals surface area contributed by atoms with E-state index < -0.39 is 0 Å². The van der Waals surface area contributed by atoms with Crippen molar-refractivity contribution in [2.45, 2.75) is 174 Å². The number of allylic oxidation sites excluding steroid dienone is 1. The van der Waals surface area contributed by atoms with Gasteiger partial charge in [-0.25, -0.2) is 0 Å². The van der Waals surface area contributed by atoms with Crippen LogP contribution in [0.4, 0.5) is 0 Å². The molecule has 0 aliphatic carbocycles. The van der Waals surface area contributed by atoms with E-state index in [4.69, 9.17) is 0 Å². The first-order valence-electron chi connectivity index (χ1n) is 14.5. The molecule has 0 aromatic rings. The van der Waals surface area contributed by atoms with Crippen LogP contribution in [0.1, 0.15) is 168 Å². The largest absolute Gasteiger partial charge is 0.131 e. The molecule has 2 unspecified atom stereocenters. The third-order valence-corrected chi connectivity index (χ3v) is 8.46. The molecule has 186 valence electrons. The van der Waals surface area contributed by atoms with Crippen LogP contribution >= 0.6 is 9.24 Å². The highest BCUT2D eigenvalue weighted by Gasteiger charge is 2.31. The zero-order chi connectivity index (χ0) is 23.0. The van der Waals surface area contributed by atoms with E-state index in [1.54, 1.807) is 0 Å².